The number of rotatable bonds is 4. The SMILES string of the molecule is CC(C)n1nccc1NC(=O)c1cc([N+](=O)[O-])ccc1F. The lowest BCUT2D eigenvalue weighted by molar-refractivity contribution is -0.384. The number of hydrogen-bond acceptors (Lipinski definition) is 4. The summed E-state index contributed by atoms with van der Waals surface area (Å²) in [7, 11) is 0. The summed E-state index contributed by atoms with van der Waals surface area (Å²) in [6.45, 7) is 3.74. The Morgan fingerprint density at radius 1 is 1.43 bits per heavy atom. The van der Waals surface area contributed by atoms with Crippen LogP contribution in [0.25, 0.3) is 0 Å². The lowest BCUT2D eigenvalue weighted by Gasteiger charge is -2.12. The topological polar surface area (TPSA) is 90.1 Å². The smallest absolute Gasteiger partial charge is 0.270 e. The summed E-state index contributed by atoms with van der Waals surface area (Å²) in [6, 6.07) is 4.37. The summed E-state index contributed by atoms with van der Waals surface area (Å²) < 4.78 is 15.2. The maximum atomic E-state index is 13.7. The molecule has 0 aliphatic carbocycles. The summed E-state index contributed by atoms with van der Waals surface area (Å²) in [5.74, 6) is -1.20. The first-order valence-corrected chi connectivity index (χ1v) is 6.19. The van der Waals surface area contributed by atoms with Crippen LogP contribution in [-0.2, 0) is 0 Å². The number of nitro benzene ring substituents is 1. The van der Waals surface area contributed by atoms with Crippen LogP contribution >= 0.6 is 0 Å². The van der Waals surface area contributed by atoms with Crippen molar-refractivity contribution in [1.82, 2.24) is 9.78 Å². The third-order valence-electron chi connectivity index (χ3n) is 2.81. The van der Waals surface area contributed by atoms with Crippen molar-refractivity contribution in [2.45, 2.75) is 19.9 Å². The molecule has 7 nitrogen and oxygen atoms in total. The van der Waals surface area contributed by atoms with Gasteiger partial charge in [0.05, 0.1) is 16.7 Å². The minimum Gasteiger partial charge on any atom is -0.307 e. The van der Waals surface area contributed by atoms with Crippen LogP contribution in [0.4, 0.5) is 15.9 Å². The molecule has 8 heteroatoms. The number of anilines is 1. The molecule has 0 bridgehead atoms. The van der Waals surface area contributed by atoms with E-state index >= 15 is 0 Å². The molecule has 0 aliphatic rings. The van der Waals surface area contributed by atoms with Crippen molar-refractivity contribution in [2.24, 2.45) is 0 Å². The van der Waals surface area contributed by atoms with Gasteiger partial charge in [0.2, 0.25) is 0 Å². The van der Waals surface area contributed by atoms with E-state index in [1.54, 1.807) is 10.7 Å². The summed E-state index contributed by atoms with van der Waals surface area (Å²) in [5, 5.41) is 17.2. The molecular formula is C13H13FN4O3. The minimum atomic E-state index is -0.825. The molecule has 0 radical (unpaired) electrons. The van der Waals surface area contributed by atoms with Crippen molar-refractivity contribution in [2.75, 3.05) is 5.32 Å². The Kier molecular flexibility index (Phi) is 3.97. The van der Waals surface area contributed by atoms with E-state index in [1.165, 1.54) is 6.20 Å². The predicted molar refractivity (Wildman–Crippen MR) is 73.6 cm³/mol. The number of aromatic nitrogens is 2. The molecule has 0 atom stereocenters. The van der Waals surface area contributed by atoms with Gasteiger partial charge < -0.3 is 5.32 Å². The molecule has 0 unspecified atom stereocenters. The molecule has 1 aromatic carbocycles. The molecule has 0 aliphatic heterocycles. The van der Waals surface area contributed by atoms with Gasteiger partial charge in [-0.2, -0.15) is 5.10 Å². The van der Waals surface area contributed by atoms with Crippen LogP contribution in [0, 0.1) is 15.9 Å². The van der Waals surface area contributed by atoms with E-state index in [2.05, 4.69) is 10.4 Å². The molecule has 1 aromatic heterocycles. The molecular weight excluding hydrogens is 279 g/mol. The van der Waals surface area contributed by atoms with Crippen molar-refractivity contribution >= 4 is 17.4 Å². The molecule has 1 N–H and O–H groups in total. The van der Waals surface area contributed by atoms with E-state index < -0.39 is 16.6 Å². The number of carbonyl (C=O) groups excluding carboxylic acids is 1. The van der Waals surface area contributed by atoms with Crippen LogP contribution in [-0.4, -0.2) is 20.6 Å². The Morgan fingerprint density at radius 2 is 2.14 bits per heavy atom. The van der Waals surface area contributed by atoms with Crippen LogP contribution in [0.1, 0.15) is 30.2 Å². The minimum absolute atomic E-state index is 0.00487. The molecule has 110 valence electrons. The standard InChI is InChI=1S/C13H13FN4O3/c1-8(2)17-12(5-6-15-17)16-13(19)10-7-9(18(20)21)3-4-11(10)14/h3-8H,1-2H3,(H,16,19). The highest BCUT2D eigenvalue weighted by atomic mass is 19.1. The maximum absolute atomic E-state index is 13.7. The Labute approximate surface area is 119 Å². The van der Waals surface area contributed by atoms with Crippen molar-refractivity contribution in [1.29, 1.82) is 0 Å². The molecule has 1 heterocycles. The highest BCUT2D eigenvalue weighted by Crippen LogP contribution is 2.19. The molecule has 0 spiro atoms. The number of non-ortho nitro benzene ring substituents is 1. The summed E-state index contributed by atoms with van der Waals surface area (Å²) in [4.78, 5) is 22.1. The van der Waals surface area contributed by atoms with Crippen molar-refractivity contribution in [3.8, 4) is 0 Å². The third-order valence-corrected chi connectivity index (χ3v) is 2.81. The Balaban J connectivity index is 2.30. The molecule has 0 saturated heterocycles. The Hall–Kier alpha value is -2.77. The second-order valence-corrected chi connectivity index (χ2v) is 4.63. The van der Waals surface area contributed by atoms with Crippen molar-refractivity contribution in [3.05, 3.63) is 52.0 Å². The first kappa shape index (κ1) is 14.6. The molecule has 2 rings (SSSR count). The monoisotopic (exact) mass is 292 g/mol. The lowest BCUT2D eigenvalue weighted by atomic mass is 10.1. The largest absolute Gasteiger partial charge is 0.307 e. The summed E-state index contributed by atoms with van der Waals surface area (Å²) >= 11 is 0. The fourth-order valence-electron chi connectivity index (χ4n) is 1.81. The van der Waals surface area contributed by atoms with Gasteiger partial charge >= 0.3 is 0 Å². The van der Waals surface area contributed by atoms with E-state index in [4.69, 9.17) is 0 Å². The van der Waals surface area contributed by atoms with E-state index in [0.29, 0.717) is 5.82 Å². The van der Waals surface area contributed by atoms with Gasteiger partial charge in [-0.05, 0) is 19.9 Å². The average molecular weight is 292 g/mol. The summed E-state index contributed by atoms with van der Waals surface area (Å²) in [6.07, 6.45) is 1.50. The second kappa shape index (κ2) is 5.70. The quantitative estimate of drug-likeness (QED) is 0.693. The number of nitro groups is 1. The number of halogens is 1. The van der Waals surface area contributed by atoms with Gasteiger partial charge in [-0.3, -0.25) is 14.9 Å². The first-order valence-electron chi connectivity index (χ1n) is 6.19. The average Bonchev–Trinajstić information content (AvgIpc) is 2.87. The fourth-order valence-corrected chi connectivity index (χ4v) is 1.81. The molecule has 0 saturated carbocycles. The van der Waals surface area contributed by atoms with Gasteiger partial charge in [-0.15, -0.1) is 0 Å². The number of amides is 1. The van der Waals surface area contributed by atoms with Gasteiger partial charge in [0, 0.05) is 24.2 Å². The molecule has 21 heavy (non-hydrogen) atoms. The first-order chi connectivity index (χ1) is 9.90. The summed E-state index contributed by atoms with van der Waals surface area (Å²) in [5.41, 5.74) is -0.736. The van der Waals surface area contributed by atoms with Crippen LogP contribution < -0.4 is 5.32 Å². The maximum Gasteiger partial charge on any atom is 0.270 e. The van der Waals surface area contributed by atoms with Crippen molar-refractivity contribution in [3.63, 3.8) is 0 Å². The van der Waals surface area contributed by atoms with E-state index in [-0.39, 0.29) is 17.3 Å². The van der Waals surface area contributed by atoms with Gasteiger partial charge in [0.25, 0.3) is 11.6 Å². The number of nitrogens with one attached hydrogen (secondary N) is 1. The lowest BCUT2D eigenvalue weighted by Crippen LogP contribution is -2.18. The van der Waals surface area contributed by atoms with E-state index in [0.717, 1.165) is 18.2 Å². The predicted octanol–water partition coefficient (Wildman–Crippen LogP) is 2.76. The molecule has 0 fully saturated rings. The Morgan fingerprint density at radius 3 is 2.76 bits per heavy atom. The number of nitrogens with zero attached hydrogens (tertiary/aromatic N) is 3. The van der Waals surface area contributed by atoms with Crippen LogP contribution in [0.3, 0.4) is 0 Å². The highest BCUT2D eigenvalue weighted by Gasteiger charge is 2.18. The normalized spacial score (nSPS) is 10.7. The molecule has 1 amide bonds. The highest BCUT2D eigenvalue weighted by molar-refractivity contribution is 6.04. The van der Waals surface area contributed by atoms with Gasteiger partial charge in [0.15, 0.2) is 0 Å². The zero-order valence-corrected chi connectivity index (χ0v) is 11.4. The molecule has 2 aromatic rings. The van der Waals surface area contributed by atoms with E-state index in [1.807, 2.05) is 13.8 Å². The van der Waals surface area contributed by atoms with Crippen molar-refractivity contribution < 1.29 is 14.1 Å². The second-order valence-electron chi connectivity index (χ2n) is 4.63. The van der Waals surface area contributed by atoms with Crippen LogP contribution in [0.5, 0.6) is 0 Å². The third kappa shape index (κ3) is 3.04. The van der Waals surface area contributed by atoms with Crippen LogP contribution in [0.15, 0.2) is 30.5 Å². The zero-order chi connectivity index (χ0) is 15.6. The van der Waals surface area contributed by atoms with Crippen LogP contribution in [0.2, 0.25) is 0 Å². The Bertz CT molecular complexity index is 696. The van der Waals surface area contributed by atoms with E-state index in [9.17, 15) is 19.3 Å². The van der Waals surface area contributed by atoms with Gasteiger partial charge in [-0.25, -0.2) is 9.07 Å². The number of carbonyl (C=O) groups is 1. The van der Waals surface area contributed by atoms with Gasteiger partial charge in [0.1, 0.15) is 11.6 Å². The van der Waals surface area contributed by atoms with Gasteiger partial charge in [-0.1, -0.05) is 0 Å². The fraction of sp³-hybridized carbons (Fsp3) is 0.231. The number of hydrogen-bond donors (Lipinski definition) is 1. The number of benzene rings is 1. The zero-order valence-electron chi connectivity index (χ0n) is 11.4.